The number of alkyl halides is 3. The van der Waals surface area contributed by atoms with Crippen LogP contribution in [0.3, 0.4) is 0 Å². The molecular formula is C21H30F3N3O3S. The summed E-state index contributed by atoms with van der Waals surface area (Å²) in [6.45, 7) is 0.127. The van der Waals surface area contributed by atoms with Crippen LogP contribution in [-0.4, -0.2) is 69.5 Å². The van der Waals surface area contributed by atoms with Crippen LogP contribution in [0.25, 0.3) is 0 Å². The van der Waals surface area contributed by atoms with Crippen molar-refractivity contribution in [2.45, 2.75) is 49.6 Å². The first kappa shape index (κ1) is 24.0. The van der Waals surface area contributed by atoms with Gasteiger partial charge < -0.3 is 5.32 Å². The van der Waals surface area contributed by atoms with E-state index >= 15 is 0 Å². The maximum Gasteiger partial charge on any atom is 0.401 e. The molecule has 1 aliphatic heterocycles. The molecule has 1 heterocycles. The highest BCUT2D eigenvalue weighted by molar-refractivity contribution is 7.89. The first-order valence-corrected chi connectivity index (χ1v) is 12.2. The van der Waals surface area contributed by atoms with E-state index < -0.39 is 22.7 Å². The summed E-state index contributed by atoms with van der Waals surface area (Å²) in [5.41, 5.74) is 2.33. The van der Waals surface area contributed by atoms with Crippen LogP contribution in [-0.2, 0) is 27.7 Å². The molecule has 3 rings (SSSR count). The molecule has 0 radical (unpaired) electrons. The minimum atomic E-state index is -4.23. The first-order valence-electron chi connectivity index (χ1n) is 10.7. The Labute approximate surface area is 181 Å². The van der Waals surface area contributed by atoms with E-state index in [0.717, 1.165) is 24.8 Å². The highest BCUT2D eigenvalue weighted by Gasteiger charge is 2.33. The minimum absolute atomic E-state index is 0.159. The average Bonchev–Trinajstić information content (AvgIpc) is 3.18. The molecule has 1 saturated heterocycles. The highest BCUT2D eigenvalue weighted by atomic mass is 32.2. The SMILES string of the molecule is CN(CCCNC(=O)C1CCN(S(=O)(=O)c2ccc3c(c2)CCC3)CC1)CC(F)(F)F. The van der Waals surface area contributed by atoms with Crippen LogP contribution >= 0.6 is 0 Å². The molecule has 1 aromatic rings. The van der Waals surface area contributed by atoms with Crippen molar-refractivity contribution in [3.8, 4) is 0 Å². The molecule has 1 aromatic carbocycles. The molecule has 31 heavy (non-hydrogen) atoms. The Morgan fingerprint density at radius 1 is 1.19 bits per heavy atom. The summed E-state index contributed by atoms with van der Waals surface area (Å²) < 4.78 is 64.3. The smallest absolute Gasteiger partial charge is 0.356 e. The number of halogens is 3. The third-order valence-electron chi connectivity index (χ3n) is 6.00. The minimum Gasteiger partial charge on any atom is -0.356 e. The lowest BCUT2D eigenvalue weighted by molar-refractivity contribution is -0.143. The van der Waals surface area contributed by atoms with Gasteiger partial charge in [-0.25, -0.2) is 8.42 Å². The number of carbonyl (C=O) groups excluding carboxylic acids is 1. The number of hydrogen-bond donors (Lipinski definition) is 1. The van der Waals surface area contributed by atoms with Crippen LogP contribution in [0.2, 0.25) is 0 Å². The van der Waals surface area contributed by atoms with Gasteiger partial charge in [-0.05, 0) is 75.4 Å². The molecule has 2 aliphatic rings. The number of nitrogens with zero attached hydrogens (tertiary/aromatic N) is 2. The van der Waals surface area contributed by atoms with Crippen molar-refractivity contribution in [2.75, 3.05) is 39.8 Å². The first-order chi connectivity index (χ1) is 14.6. The zero-order chi connectivity index (χ0) is 22.6. The number of aryl methyl sites for hydroxylation is 2. The molecule has 1 aliphatic carbocycles. The summed E-state index contributed by atoms with van der Waals surface area (Å²) in [6.07, 6.45) is 0.0175. The number of rotatable bonds is 8. The van der Waals surface area contributed by atoms with Crippen LogP contribution in [0.1, 0.15) is 36.8 Å². The van der Waals surface area contributed by atoms with Crippen LogP contribution in [0.5, 0.6) is 0 Å². The zero-order valence-electron chi connectivity index (χ0n) is 17.7. The highest BCUT2D eigenvalue weighted by Crippen LogP contribution is 2.28. The number of fused-ring (bicyclic) bond motifs is 1. The fraction of sp³-hybridized carbons (Fsp3) is 0.667. The summed E-state index contributed by atoms with van der Waals surface area (Å²) in [7, 11) is -2.18. The largest absolute Gasteiger partial charge is 0.401 e. The second kappa shape index (κ2) is 9.87. The van der Waals surface area contributed by atoms with Gasteiger partial charge in [-0.1, -0.05) is 6.07 Å². The van der Waals surface area contributed by atoms with Gasteiger partial charge in [-0.2, -0.15) is 17.5 Å². The molecule has 0 unspecified atom stereocenters. The number of hydrogen-bond acceptors (Lipinski definition) is 4. The van der Waals surface area contributed by atoms with Crippen LogP contribution in [0.15, 0.2) is 23.1 Å². The molecular weight excluding hydrogens is 431 g/mol. The van der Waals surface area contributed by atoms with Gasteiger partial charge in [-0.15, -0.1) is 0 Å². The normalized spacial score (nSPS) is 18.4. The molecule has 0 saturated carbocycles. The van der Waals surface area contributed by atoms with Crippen LogP contribution < -0.4 is 5.32 Å². The number of nitrogens with one attached hydrogen (secondary N) is 1. The van der Waals surface area contributed by atoms with E-state index in [2.05, 4.69) is 5.32 Å². The van der Waals surface area contributed by atoms with Crippen molar-refractivity contribution in [1.29, 1.82) is 0 Å². The Morgan fingerprint density at radius 3 is 2.55 bits per heavy atom. The van der Waals surface area contributed by atoms with E-state index in [1.807, 2.05) is 6.07 Å². The zero-order valence-corrected chi connectivity index (χ0v) is 18.6. The lowest BCUT2D eigenvalue weighted by atomic mass is 9.97. The molecule has 10 heteroatoms. The van der Waals surface area contributed by atoms with E-state index in [-0.39, 0.29) is 31.5 Å². The summed E-state index contributed by atoms with van der Waals surface area (Å²) in [4.78, 5) is 13.8. The predicted octanol–water partition coefficient (Wildman–Crippen LogP) is 2.58. The van der Waals surface area contributed by atoms with Crippen LogP contribution in [0.4, 0.5) is 13.2 Å². The molecule has 1 fully saturated rings. The summed E-state index contributed by atoms with van der Waals surface area (Å²) in [5, 5.41) is 2.77. The van der Waals surface area contributed by atoms with Crippen molar-refractivity contribution < 1.29 is 26.4 Å². The number of benzene rings is 1. The second-order valence-electron chi connectivity index (χ2n) is 8.46. The number of piperidine rings is 1. The summed E-state index contributed by atoms with van der Waals surface area (Å²) >= 11 is 0. The molecule has 0 atom stereocenters. The van der Waals surface area contributed by atoms with E-state index in [1.54, 1.807) is 12.1 Å². The fourth-order valence-corrected chi connectivity index (χ4v) is 5.83. The predicted molar refractivity (Wildman–Crippen MR) is 111 cm³/mol. The third-order valence-corrected chi connectivity index (χ3v) is 7.89. The van der Waals surface area contributed by atoms with Gasteiger partial charge in [0.05, 0.1) is 11.4 Å². The van der Waals surface area contributed by atoms with Gasteiger partial charge in [0.25, 0.3) is 0 Å². The number of carbonyl (C=O) groups is 1. The van der Waals surface area contributed by atoms with Crippen molar-refractivity contribution in [3.63, 3.8) is 0 Å². The Morgan fingerprint density at radius 2 is 1.87 bits per heavy atom. The van der Waals surface area contributed by atoms with E-state index in [4.69, 9.17) is 0 Å². The summed E-state index contributed by atoms with van der Waals surface area (Å²) in [5.74, 6) is -0.438. The Hall–Kier alpha value is -1.65. The molecule has 174 valence electrons. The number of sulfonamides is 1. The summed E-state index contributed by atoms with van der Waals surface area (Å²) in [6, 6.07) is 5.36. The van der Waals surface area contributed by atoms with E-state index in [1.165, 1.54) is 21.8 Å². The molecule has 1 N–H and O–H groups in total. The van der Waals surface area contributed by atoms with E-state index in [9.17, 15) is 26.4 Å². The standard InChI is InChI=1S/C21H30F3N3O3S/c1-26(15-21(22,23)24)11-3-10-25-20(28)17-8-12-27(13-9-17)31(29,30)19-7-6-16-4-2-5-18(16)14-19/h6-7,14,17H,2-5,8-13,15H2,1H3,(H,25,28). The molecule has 1 amide bonds. The lowest BCUT2D eigenvalue weighted by Crippen LogP contribution is -2.43. The molecule has 0 spiro atoms. The van der Waals surface area contributed by atoms with Gasteiger partial charge in [-0.3, -0.25) is 9.69 Å². The van der Waals surface area contributed by atoms with Crippen molar-refractivity contribution in [1.82, 2.24) is 14.5 Å². The van der Waals surface area contributed by atoms with Gasteiger partial charge in [0.15, 0.2) is 0 Å². The van der Waals surface area contributed by atoms with Crippen molar-refractivity contribution in [2.24, 2.45) is 5.92 Å². The Balaban J connectivity index is 1.43. The second-order valence-corrected chi connectivity index (χ2v) is 10.4. The lowest BCUT2D eigenvalue weighted by Gasteiger charge is -2.30. The fourth-order valence-electron chi connectivity index (χ4n) is 4.31. The third kappa shape index (κ3) is 6.43. The number of amides is 1. The van der Waals surface area contributed by atoms with E-state index in [0.29, 0.717) is 30.7 Å². The van der Waals surface area contributed by atoms with Crippen molar-refractivity contribution >= 4 is 15.9 Å². The topological polar surface area (TPSA) is 69.7 Å². The molecule has 0 bridgehead atoms. The maximum atomic E-state index is 13.0. The van der Waals surface area contributed by atoms with Gasteiger partial charge in [0.1, 0.15) is 0 Å². The Bertz CT molecular complexity index is 882. The van der Waals surface area contributed by atoms with Gasteiger partial charge >= 0.3 is 6.18 Å². The molecule has 0 aromatic heterocycles. The monoisotopic (exact) mass is 461 g/mol. The maximum absolute atomic E-state index is 13.0. The quantitative estimate of drug-likeness (QED) is 0.605. The molecule has 6 nitrogen and oxygen atoms in total. The van der Waals surface area contributed by atoms with Gasteiger partial charge in [0.2, 0.25) is 15.9 Å². The average molecular weight is 462 g/mol. The van der Waals surface area contributed by atoms with Crippen molar-refractivity contribution in [3.05, 3.63) is 29.3 Å². The van der Waals surface area contributed by atoms with Gasteiger partial charge in [0, 0.05) is 25.6 Å². The Kier molecular flexibility index (Phi) is 7.64. The van der Waals surface area contributed by atoms with Crippen LogP contribution in [0, 0.1) is 5.92 Å².